The number of nitrogens with one attached hydrogen (secondary N) is 1. The Bertz CT molecular complexity index is 1090. The van der Waals surface area contributed by atoms with Crippen LogP contribution >= 0.6 is 11.3 Å². The van der Waals surface area contributed by atoms with Gasteiger partial charge in [0.2, 0.25) is 5.91 Å². The van der Waals surface area contributed by atoms with E-state index in [1.54, 1.807) is 32.4 Å². The Morgan fingerprint density at radius 3 is 2.59 bits per heavy atom. The van der Waals surface area contributed by atoms with E-state index in [1.807, 2.05) is 19.9 Å². The standard InChI is InChI=1S/C20H22N4O4S/c1-5-14-12(2)29-20(21-14)22-18(25)11-24-19(26)9-7-15(23-24)13-6-8-16(27-3)17(10-13)28-4/h6-10H,5,11H2,1-4H3,(H,21,22,25). The van der Waals surface area contributed by atoms with Gasteiger partial charge in [0.15, 0.2) is 16.6 Å². The molecule has 9 heteroatoms. The molecule has 0 aliphatic rings. The Kier molecular flexibility index (Phi) is 6.28. The molecule has 0 saturated heterocycles. The molecule has 2 aromatic heterocycles. The van der Waals surface area contributed by atoms with Gasteiger partial charge in [0, 0.05) is 16.5 Å². The molecular weight excluding hydrogens is 392 g/mol. The summed E-state index contributed by atoms with van der Waals surface area (Å²) in [5, 5.41) is 7.58. The molecule has 0 aliphatic carbocycles. The van der Waals surface area contributed by atoms with Crippen LogP contribution in [0.2, 0.25) is 0 Å². The molecule has 152 valence electrons. The lowest BCUT2D eigenvalue weighted by molar-refractivity contribution is -0.117. The van der Waals surface area contributed by atoms with Gasteiger partial charge in [0.1, 0.15) is 6.54 Å². The summed E-state index contributed by atoms with van der Waals surface area (Å²) in [6, 6.07) is 8.32. The number of ether oxygens (including phenoxy) is 2. The Balaban J connectivity index is 1.82. The lowest BCUT2D eigenvalue weighted by atomic mass is 10.1. The molecule has 8 nitrogen and oxygen atoms in total. The van der Waals surface area contributed by atoms with Gasteiger partial charge in [0.25, 0.3) is 5.56 Å². The highest BCUT2D eigenvalue weighted by atomic mass is 32.1. The Morgan fingerprint density at radius 1 is 1.17 bits per heavy atom. The molecule has 2 heterocycles. The SMILES string of the molecule is CCc1nc(NC(=O)Cn2nc(-c3ccc(OC)c(OC)c3)ccc2=O)sc1C. The van der Waals surface area contributed by atoms with E-state index < -0.39 is 0 Å². The van der Waals surface area contributed by atoms with Gasteiger partial charge in [-0.25, -0.2) is 9.67 Å². The lowest BCUT2D eigenvalue weighted by Gasteiger charge is -2.10. The number of thiazole rings is 1. The number of hydrogen-bond donors (Lipinski definition) is 1. The van der Waals surface area contributed by atoms with Gasteiger partial charge in [-0.3, -0.25) is 9.59 Å². The smallest absolute Gasteiger partial charge is 0.267 e. The first-order valence-electron chi connectivity index (χ1n) is 9.01. The molecule has 3 aromatic rings. The van der Waals surface area contributed by atoms with E-state index in [0.717, 1.165) is 27.2 Å². The van der Waals surface area contributed by atoms with E-state index in [0.29, 0.717) is 22.3 Å². The minimum absolute atomic E-state index is 0.208. The predicted octanol–water partition coefficient (Wildman–Crippen LogP) is 2.89. The van der Waals surface area contributed by atoms with Crippen LogP contribution in [0.4, 0.5) is 5.13 Å². The van der Waals surface area contributed by atoms with E-state index in [1.165, 1.54) is 17.4 Å². The van der Waals surface area contributed by atoms with E-state index >= 15 is 0 Å². The fourth-order valence-corrected chi connectivity index (χ4v) is 3.73. The number of aromatic nitrogens is 3. The second-order valence-corrected chi connectivity index (χ2v) is 7.41. The molecular formula is C20H22N4O4S. The zero-order chi connectivity index (χ0) is 21.0. The molecule has 0 fully saturated rings. The van der Waals surface area contributed by atoms with Crippen molar-refractivity contribution in [2.24, 2.45) is 0 Å². The number of carbonyl (C=O) groups excluding carboxylic acids is 1. The largest absolute Gasteiger partial charge is 0.493 e. The highest BCUT2D eigenvalue weighted by Gasteiger charge is 2.13. The van der Waals surface area contributed by atoms with Crippen LogP contribution in [-0.2, 0) is 17.8 Å². The molecule has 0 bridgehead atoms. The number of benzene rings is 1. The van der Waals surface area contributed by atoms with Crippen LogP contribution in [-0.4, -0.2) is 34.9 Å². The van der Waals surface area contributed by atoms with Gasteiger partial charge < -0.3 is 14.8 Å². The number of hydrogen-bond acceptors (Lipinski definition) is 7. The van der Waals surface area contributed by atoms with Gasteiger partial charge in [0.05, 0.1) is 25.6 Å². The Hall–Kier alpha value is -3.20. The number of nitrogens with zero attached hydrogens (tertiary/aromatic N) is 3. The van der Waals surface area contributed by atoms with E-state index in [-0.39, 0.29) is 18.0 Å². The van der Waals surface area contributed by atoms with Crippen molar-refractivity contribution in [1.29, 1.82) is 0 Å². The topological polar surface area (TPSA) is 95.3 Å². The maximum atomic E-state index is 12.4. The van der Waals surface area contributed by atoms with Crippen LogP contribution in [0.25, 0.3) is 11.3 Å². The quantitative estimate of drug-likeness (QED) is 0.639. The predicted molar refractivity (Wildman–Crippen MR) is 112 cm³/mol. The fraction of sp³-hybridized carbons (Fsp3) is 0.300. The van der Waals surface area contributed by atoms with Gasteiger partial charge >= 0.3 is 0 Å². The third-order valence-corrected chi connectivity index (χ3v) is 5.24. The van der Waals surface area contributed by atoms with Gasteiger partial charge in [-0.15, -0.1) is 11.3 Å². The van der Waals surface area contributed by atoms with Crippen LogP contribution < -0.4 is 20.3 Å². The number of methoxy groups -OCH3 is 2. The zero-order valence-corrected chi connectivity index (χ0v) is 17.5. The minimum Gasteiger partial charge on any atom is -0.493 e. The summed E-state index contributed by atoms with van der Waals surface area (Å²) >= 11 is 1.41. The van der Waals surface area contributed by atoms with Crippen LogP contribution in [0, 0.1) is 6.92 Å². The van der Waals surface area contributed by atoms with Gasteiger partial charge in [-0.2, -0.15) is 5.10 Å². The highest BCUT2D eigenvalue weighted by molar-refractivity contribution is 7.15. The van der Waals surface area contributed by atoms with Crippen molar-refractivity contribution in [3.63, 3.8) is 0 Å². The number of carbonyl (C=O) groups is 1. The van der Waals surface area contributed by atoms with Crippen LogP contribution in [0.5, 0.6) is 11.5 Å². The summed E-state index contributed by atoms with van der Waals surface area (Å²) in [5.41, 5.74) is 1.86. The van der Waals surface area contributed by atoms with Crippen molar-refractivity contribution in [2.45, 2.75) is 26.8 Å². The Morgan fingerprint density at radius 2 is 1.93 bits per heavy atom. The summed E-state index contributed by atoms with van der Waals surface area (Å²) in [6.07, 6.45) is 0.798. The van der Waals surface area contributed by atoms with Crippen molar-refractivity contribution in [3.8, 4) is 22.8 Å². The average Bonchev–Trinajstić information content (AvgIpc) is 3.07. The number of amides is 1. The normalized spacial score (nSPS) is 10.6. The molecule has 1 N–H and O–H groups in total. The first-order chi connectivity index (χ1) is 13.9. The maximum absolute atomic E-state index is 12.4. The van der Waals surface area contributed by atoms with E-state index in [9.17, 15) is 9.59 Å². The first kappa shape index (κ1) is 20.5. The fourth-order valence-electron chi connectivity index (χ4n) is 2.82. The minimum atomic E-state index is -0.367. The molecule has 1 amide bonds. The molecule has 0 aliphatic heterocycles. The molecule has 0 saturated carbocycles. The first-order valence-corrected chi connectivity index (χ1v) is 9.83. The van der Waals surface area contributed by atoms with Crippen LogP contribution in [0.3, 0.4) is 0 Å². The second-order valence-electron chi connectivity index (χ2n) is 6.21. The number of aryl methyl sites for hydroxylation is 2. The monoisotopic (exact) mass is 414 g/mol. The van der Waals surface area contributed by atoms with Crippen molar-refractivity contribution < 1.29 is 14.3 Å². The Labute approximate surface area is 172 Å². The summed E-state index contributed by atoms with van der Waals surface area (Å²) < 4.78 is 11.7. The van der Waals surface area contributed by atoms with E-state index in [4.69, 9.17) is 9.47 Å². The molecule has 0 spiro atoms. The van der Waals surface area contributed by atoms with Crippen molar-refractivity contribution in [1.82, 2.24) is 14.8 Å². The molecule has 3 rings (SSSR count). The van der Waals surface area contributed by atoms with Gasteiger partial charge in [-0.05, 0) is 37.6 Å². The summed E-state index contributed by atoms with van der Waals surface area (Å²) in [6.45, 7) is 3.77. The van der Waals surface area contributed by atoms with E-state index in [2.05, 4.69) is 15.4 Å². The van der Waals surface area contributed by atoms with Crippen LogP contribution in [0.15, 0.2) is 35.1 Å². The van der Waals surface area contributed by atoms with Crippen molar-refractivity contribution >= 4 is 22.4 Å². The summed E-state index contributed by atoms with van der Waals surface area (Å²) in [7, 11) is 3.10. The molecule has 0 atom stereocenters. The molecule has 1 aromatic carbocycles. The summed E-state index contributed by atoms with van der Waals surface area (Å²) in [4.78, 5) is 30.0. The third kappa shape index (κ3) is 4.62. The molecule has 0 unspecified atom stereocenters. The molecule has 0 radical (unpaired) electrons. The maximum Gasteiger partial charge on any atom is 0.267 e. The number of anilines is 1. The summed E-state index contributed by atoms with van der Waals surface area (Å²) in [5.74, 6) is 0.780. The lowest BCUT2D eigenvalue weighted by Crippen LogP contribution is -2.29. The second kappa shape index (κ2) is 8.87. The highest BCUT2D eigenvalue weighted by Crippen LogP contribution is 2.31. The van der Waals surface area contributed by atoms with Crippen molar-refractivity contribution in [2.75, 3.05) is 19.5 Å². The zero-order valence-electron chi connectivity index (χ0n) is 16.7. The van der Waals surface area contributed by atoms with Crippen LogP contribution in [0.1, 0.15) is 17.5 Å². The van der Waals surface area contributed by atoms with Gasteiger partial charge in [-0.1, -0.05) is 6.92 Å². The molecule has 29 heavy (non-hydrogen) atoms. The average molecular weight is 414 g/mol. The number of rotatable bonds is 7. The third-order valence-electron chi connectivity index (χ3n) is 4.31. The van der Waals surface area contributed by atoms with Crippen molar-refractivity contribution in [3.05, 3.63) is 51.3 Å².